The van der Waals surface area contributed by atoms with Gasteiger partial charge in [0.1, 0.15) is 5.69 Å². The average Bonchev–Trinajstić information content (AvgIpc) is 2.54. The highest BCUT2D eigenvalue weighted by atomic mass is 15.3. The summed E-state index contributed by atoms with van der Waals surface area (Å²) in [5.41, 5.74) is 9.80. The van der Waals surface area contributed by atoms with Gasteiger partial charge in [-0.05, 0) is 38.1 Å². The van der Waals surface area contributed by atoms with Crippen molar-refractivity contribution in [1.82, 2.24) is 9.78 Å². The van der Waals surface area contributed by atoms with E-state index in [1.165, 1.54) is 0 Å². The second kappa shape index (κ2) is 4.37. The summed E-state index contributed by atoms with van der Waals surface area (Å²) in [5.74, 6) is 0. The minimum Gasteiger partial charge on any atom is -0.399 e. The van der Waals surface area contributed by atoms with Crippen molar-refractivity contribution in [2.24, 2.45) is 17.3 Å². The van der Waals surface area contributed by atoms with E-state index in [4.69, 9.17) is 5.73 Å². The molecule has 2 N–H and O–H groups in total. The van der Waals surface area contributed by atoms with Crippen LogP contribution in [0.5, 0.6) is 0 Å². The zero-order valence-corrected chi connectivity index (χ0v) is 10.2. The summed E-state index contributed by atoms with van der Waals surface area (Å²) in [4.78, 5) is 0. The lowest BCUT2D eigenvalue weighted by Gasteiger charge is -1.95. The fourth-order valence-electron chi connectivity index (χ4n) is 1.56. The van der Waals surface area contributed by atoms with Crippen LogP contribution in [-0.2, 0) is 7.05 Å². The number of rotatable bonds is 2. The topological polar surface area (TPSA) is 68.6 Å². The van der Waals surface area contributed by atoms with Gasteiger partial charge in [-0.25, -0.2) is 0 Å². The van der Waals surface area contributed by atoms with Gasteiger partial charge in [0.2, 0.25) is 0 Å². The van der Waals surface area contributed by atoms with E-state index < -0.39 is 0 Å². The van der Waals surface area contributed by atoms with Gasteiger partial charge in [0.05, 0.1) is 17.1 Å². The maximum atomic E-state index is 5.60. The van der Waals surface area contributed by atoms with Gasteiger partial charge < -0.3 is 5.73 Å². The number of hydrogen-bond acceptors (Lipinski definition) is 4. The third-order valence-electron chi connectivity index (χ3n) is 2.63. The predicted octanol–water partition coefficient (Wildman–Crippen LogP) is 3.03. The number of nitrogens with zero attached hydrogens (tertiary/aromatic N) is 4. The van der Waals surface area contributed by atoms with E-state index in [2.05, 4.69) is 15.3 Å². The largest absolute Gasteiger partial charge is 0.399 e. The lowest BCUT2D eigenvalue weighted by Crippen LogP contribution is -1.91. The Morgan fingerprint density at radius 1 is 1.12 bits per heavy atom. The van der Waals surface area contributed by atoms with E-state index in [0.29, 0.717) is 0 Å². The summed E-state index contributed by atoms with van der Waals surface area (Å²) in [7, 11) is 1.89. The molecule has 0 aliphatic heterocycles. The molecule has 88 valence electrons. The lowest BCUT2D eigenvalue weighted by molar-refractivity contribution is 0.731. The van der Waals surface area contributed by atoms with Crippen molar-refractivity contribution in [2.45, 2.75) is 13.8 Å². The highest BCUT2D eigenvalue weighted by Crippen LogP contribution is 2.25. The van der Waals surface area contributed by atoms with Crippen LogP contribution in [0.4, 0.5) is 17.1 Å². The zero-order valence-electron chi connectivity index (χ0n) is 10.2. The predicted molar refractivity (Wildman–Crippen MR) is 67.7 cm³/mol. The Bertz CT molecular complexity index is 551. The van der Waals surface area contributed by atoms with Crippen LogP contribution < -0.4 is 5.73 Å². The monoisotopic (exact) mass is 229 g/mol. The Morgan fingerprint density at radius 2 is 1.76 bits per heavy atom. The molecule has 0 bridgehead atoms. The smallest absolute Gasteiger partial charge is 0.129 e. The fraction of sp³-hybridized carbons (Fsp3) is 0.250. The maximum absolute atomic E-state index is 5.60. The maximum Gasteiger partial charge on any atom is 0.129 e. The molecule has 17 heavy (non-hydrogen) atoms. The van der Waals surface area contributed by atoms with Gasteiger partial charge in [-0.2, -0.15) is 10.2 Å². The number of hydrogen-bond donors (Lipinski definition) is 1. The molecule has 0 amide bonds. The molecule has 0 aliphatic rings. The van der Waals surface area contributed by atoms with Crippen molar-refractivity contribution in [3.63, 3.8) is 0 Å². The third-order valence-corrected chi connectivity index (χ3v) is 2.63. The molecule has 5 heteroatoms. The molecule has 0 saturated heterocycles. The fourth-order valence-corrected chi connectivity index (χ4v) is 1.56. The highest BCUT2D eigenvalue weighted by molar-refractivity contribution is 5.49. The SMILES string of the molecule is Cc1nn(C)c(C)c1N=Nc1ccc(N)cc1. The summed E-state index contributed by atoms with van der Waals surface area (Å²) < 4.78 is 1.80. The van der Waals surface area contributed by atoms with Gasteiger partial charge in [-0.1, -0.05) is 0 Å². The minimum atomic E-state index is 0.720. The van der Waals surface area contributed by atoms with Gasteiger partial charge in [-0.15, -0.1) is 5.11 Å². The Labute approximate surface area is 100.0 Å². The van der Waals surface area contributed by atoms with Crippen LogP contribution in [0.2, 0.25) is 0 Å². The van der Waals surface area contributed by atoms with Crippen molar-refractivity contribution in [1.29, 1.82) is 0 Å². The molecular weight excluding hydrogens is 214 g/mol. The first kappa shape index (κ1) is 11.3. The van der Waals surface area contributed by atoms with Crippen LogP contribution in [0.3, 0.4) is 0 Å². The molecule has 0 unspecified atom stereocenters. The lowest BCUT2D eigenvalue weighted by atomic mass is 10.3. The number of benzene rings is 1. The first-order valence-corrected chi connectivity index (χ1v) is 5.35. The summed E-state index contributed by atoms with van der Waals surface area (Å²) in [6.45, 7) is 3.89. The van der Waals surface area contributed by atoms with Crippen LogP contribution in [0, 0.1) is 13.8 Å². The molecule has 2 aromatic rings. The van der Waals surface area contributed by atoms with Crippen LogP contribution in [-0.4, -0.2) is 9.78 Å². The second-order valence-electron chi connectivity index (χ2n) is 3.93. The summed E-state index contributed by atoms with van der Waals surface area (Å²) in [6.07, 6.45) is 0. The number of aryl methyl sites for hydroxylation is 2. The van der Waals surface area contributed by atoms with Gasteiger partial charge in [0.15, 0.2) is 0 Å². The Balaban J connectivity index is 2.29. The second-order valence-corrected chi connectivity index (χ2v) is 3.93. The molecule has 0 saturated carbocycles. The first-order valence-electron chi connectivity index (χ1n) is 5.35. The molecule has 1 aromatic carbocycles. The molecule has 0 aliphatic carbocycles. The van der Waals surface area contributed by atoms with Crippen LogP contribution in [0.25, 0.3) is 0 Å². The van der Waals surface area contributed by atoms with E-state index in [0.717, 1.165) is 28.5 Å². The van der Waals surface area contributed by atoms with Crippen molar-refractivity contribution in [3.05, 3.63) is 35.7 Å². The van der Waals surface area contributed by atoms with Crippen molar-refractivity contribution in [2.75, 3.05) is 5.73 Å². The summed E-state index contributed by atoms with van der Waals surface area (Å²) in [5, 5.41) is 12.7. The molecule has 1 aromatic heterocycles. The highest BCUT2D eigenvalue weighted by Gasteiger charge is 2.07. The molecular formula is C12H15N5. The van der Waals surface area contributed by atoms with Gasteiger partial charge >= 0.3 is 0 Å². The molecule has 1 heterocycles. The number of nitrogens with two attached hydrogens (primary N) is 1. The molecule has 0 atom stereocenters. The average molecular weight is 229 g/mol. The first-order chi connectivity index (χ1) is 8.08. The standard InChI is InChI=1S/C12H15N5/c1-8-12(9(2)17(3)16-8)15-14-11-6-4-10(13)5-7-11/h4-7H,13H2,1-3H3. The van der Waals surface area contributed by atoms with Gasteiger partial charge in [0.25, 0.3) is 0 Å². The Morgan fingerprint density at radius 3 is 2.29 bits per heavy atom. The number of azo groups is 1. The van der Waals surface area contributed by atoms with Gasteiger partial charge in [0, 0.05) is 12.7 Å². The van der Waals surface area contributed by atoms with E-state index in [1.54, 1.807) is 16.8 Å². The van der Waals surface area contributed by atoms with E-state index in [-0.39, 0.29) is 0 Å². The van der Waals surface area contributed by atoms with Crippen LogP contribution in [0.15, 0.2) is 34.5 Å². The number of aromatic nitrogens is 2. The summed E-state index contributed by atoms with van der Waals surface area (Å²) >= 11 is 0. The van der Waals surface area contributed by atoms with E-state index in [1.807, 2.05) is 33.0 Å². The third kappa shape index (κ3) is 2.33. The van der Waals surface area contributed by atoms with Crippen molar-refractivity contribution >= 4 is 17.1 Å². The van der Waals surface area contributed by atoms with E-state index >= 15 is 0 Å². The Kier molecular flexibility index (Phi) is 2.91. The molecule has 0 fully saturated rings. The number of anilines is 1. The quantitative estimate of drug-likeness (QED) is 0.635. The van der Waals surface area contributed by atoms with Gasteiger partial charge in [-0.3, -0.25) is 4.68 Å². The van der Waals surface area contributed by atoms with E-state index in [9.17, 15) is 0 Å². The van der Waals surface area contributed by atoms with Crippen molar-refractivity contribution in [3.8, 4) is 0 Å². The molecule has 0 radical (unpaired) electrons. The number of nitrogen functional groups attached to an aromatic ring is 1. The minimum absolute atomic E-state index is 0.720. The summed E-state index contributed by atoms with van der Waals surface area (Å²) in [6, 6.07) is 7.27. The normalized spacial score (nSPS) is 11.2. The molecule has 0 spiro atoms. The van der Waals surface area contributed by atoms with Crippen molar-refractivity contribution < 1.29 is 0 Å². The van der Waals surface area contributed by atoms with Crippen LogP contribution in [0.1, 0.15) is 11.4 Å². The Hall–Kier alpha value is -2.17. The van der Waals surface area contributed by atoms with Crippen LogP contribution >= 0.6 is 0 Å². The zero-order chi connectivity index (χ0) is 12.4. The molecule has 5 nitrogen and oxygen atoms in total. The molecule has 2 rings (SSSR count).